The molecule has 6 aromatic rings. The van der Waals surface area contributed by atoms with Crippen LogP contribution < -0.4 is 0 Å². The Kier molecular flexibility index (Phi) is 5.65. The van der Waals surface area contributed by atoms with E-state index >= 15 is 0 Å². The Bertz CT molecular complexity index is 1660. The van der Waals surface area contributed by atoms with Crippen molar-refractivity contribution in [2.75, 3.05) is 0 Å². The molecule has 1 atom stereocenters. The number of aromatic nitrogens is 1. The number of halogens is 1. The molecule has 0 amide bonds. The first-order chi connectivity index (χ1) is 17.6. The van der Waals surface area contributed by atoms with Crippen LogP contribution in [0.1, 0.15) is 16.7 Å². The molecule has 1 unspecified atom stereocenters. The molecule has 0 fully saturated rings. The fourth-order valence-electron chi connectivity index (χ4n) is 4.73. The Hall–Kier alpha value is -4.18. The first-order valence-electron chi connectivity index (χ1n) is 11.7. The SMILES string of the molecule is OC(c1ccccc1)(c1ccc2oc(-c3ccccc3)nc2c1)c1ccccc1-c1ccccc1Cl. The van der Waals surface area contributed by atoms with E-state index in [1.54, 1.807) is 0 Å². The van der Waals surface area contributed by atoms with Crippen LogP contribution in [0.5, 0.6) is 0 Å². The van der Waals surface area contributed by atoms with Crippen LogP contribution in [-0.4, -0.2) is 10.1 Å². The topological polar surface area (TPSA) is 46.3 Å². The molecular formula is C32H22ClNO2. The second kappa shape index (κ2) is 9.12. The molecule has 4 heteroatoms. The van der Waals surface area contributed by atoms with E-state index in [0.29, 0.717) is 27.6 Å². The highest BCUT2D eigenvalue weighted by molar-refractivity contribution is 6.33. The van der Waals surface area contributed by atoms with Crippen molar-refractivity contribution in [2.45, 2.75) is 5.60 Å². The van der Waals surface area contributed by atoms with E-state index in [2.05, 4.69) is 0 Å². The fraction of sp³-hybridized carbons (Fsp3) is 0.0312. The maximum Gasteiger partial charge on any atom is 0.227 e. The quantitative estimate of drug-likeness (QED) is 0.250. The van der Waals surface area contributed by atoms with Gasteiger partial charge >= 0.3 is 0 Å². The largest absolute Gasteiger partial charge is 0.436 e. The van der Waals surface area contributed by atoms with Gasteiger partial charge in [0.2, 0.25) is 5.89 Å². The third-order valence-electron chi connectivity index (χ3n) is 6.50. The minimum atomic E-state index is -1.46. The Balaban J connectivity index is 1.58. The summed E-state index contributed by atoms with van der Waals surface area (Å²) in [6.45, 7) is 0. The van der Waals surface area contributed by atoms with Crippen molar-refractivity contribution < 1.29 is 9.52 Å². The van der Waals surface area contributed by atoms with Crippen molar-refractivity contribution in [3.05, 3.63) is 149 Å². The summed E-state index contributed by atoms with van der Waals surface area (Å²) in [6.07, 6.45) is 0. The third-order valence-corrected chi connectivity index (χ3v) is 6.83. The van der Waals surface area contributed by atoms with Crippen LogP contribution in [0.15, 0.2) is 132 Å². The second-order valence-corrected chi connectivity index (χ2v) is 9.08. The molecule has 0 aliphatic rings. The molecule has 36 heavy (non-hydrogen) atoms. The molecule has 5 aromatic carbocycles. The summed E-state index contributed by atoms with van der Waals surface area (Å²) in [7, 11) is 0. The van der Waals surface area contributed by atoms with Crippen molar-refractivity contribution in [2.24, 2.45) is 0 Å². The van der Waals surface area contributed by atoms with Gasteiger partial charge in [0.15, 0.2) is 5.58 Å². The molecule has 0 bridgehead atoms. The summed E-state index contributed by atoms with van der Waals surface area (Å²) in [6, 6.07) is 40.7. The van der Waals surface area contributed by atoms with Crippen LogP contribution in [0.3, 0.4) is 0 Å². The molecule has 1 aromatic heterocycles. The lowest BCUT2D eigenvalue weighted by Crippen LogP contribution is -2.29. The molecule has 1 heterocycles. The fourth-order valence-corrected chi connectivity index (χ4v) is 4.96. The predicted molar refractivity (Wildman–Crippen MR) is 145 cm³/mol. The molecule has 0 saturated heterocycles. The van der Waals surface area contributed by atoms with E-state index in [9.17, 15) is 5.11 Å². The molecule has 0 aliphatic heterocycles. The zero-order valence-corrected chi connectivity index (χ0v) is 20.1. The van der Waals surface area contributed by atoms with Gasteiger partial charge in [0.25, 0.3) is 0 Å². The number of fused-ring (bicyclic) bond motifs is 1. The van der Waals surface area contributed by atoms with Gasteiger partial charge in [-0.1, -0.05) is 109 Å². The van der Waals surface area contributed by atoms with E-state index in [1.807, 2.05) is 127 Å². The van der Waals surface area contributed by atoms with E-state index in [1.165, 1.54) is 0 Å². The molecule has 6 rings (SSSR count). The van der Waals surface area contributed by atoms with Gasteiger partial charge in [-0.15, -0.1) is 0 Å². The maximum atomic E-state index is 12.6. The number of aliphatic hydroxyl groups is 1. The molecular weight excluding hydrogens is 466 g/mol. The number of rotatable bonds is 5. The van der Waals surface area contributed by atoms with Crippen molar-refractivity contribution in [3.63, 3.8) is 0 Å². The van der Waals surface area contributed by atoms with E-state index < -0.39 is 5.60 Å². The number of nitrogens with zero attached hydrogens (tertiary/aromatic N) is 1. The zero-order chi connectivity index (χ0) is 24.5. The molecule has 3 nitrogen and oxygen atoms in total. The van der Waals surface area contributed by atoms with Crippen LogP contribution in [0.25, 0.3) is 33.7 Å². The van der Waals surface area contributed by atoms with Crippen molar-refractivity contribution in [1.29, 1.82) is 0 Å². The smallest absolute Gasteiger partial charge is 0.227 e. The standard InChI is InChI=1S/C32H22ClNO2/c33-28-18-10-8-16-26(28)25-15-7-9-17-27(25)32(35,23-13-5-2-6-14-23)24-19-20-30-29(21-24)34-31(36-30)22-11-3-1-4-12-22/h1-21,35H. The number of oxazole rings is 1. The van der Waals surface area contributed by atoms with Gasteiger partial charge in [-0.3, -0.25) is 0 Å². The average molecular weight is 488 g/mol. The predicted octanol–water partition coefficient (Wildman–Crippen LogP) is 8.10. The summed E-state index contributed by atoms with van der Waals surface area (Å²) >= 11 is 6.61. The molecule has 0 radical (unpaired) electrons. The molecule has 0 aliphatic carbocycles. The second-order valence-electron chi connectivity index (χ2n) is 8.67. The van der Waals surface area contributed by atoms with Crippen LogP contribution in [-0.2, 0) is 5.60 Å². The van der Waals surface area contributed by atoms with Crippen LogP contribution in [0.2, 0.25) is 5.02 Å². The summed E-state index contributed by atoms with van der Waals surface area (Å²) in [5.41, 5.74) is 4.66. The van der Waals surface area contributed by atoms with Crippen LogP contribution >= 0.6 is 11.6 Å². The number of hydrogen-bond acceptors (Lipinski definition) is 3. The lowest BCUT2D eigenvalue weighted by atomic mass is 9.77. The minimum Gasteiger partial charge on any atom is -0.436 e. The maximum absolute atomic E-state index is 12.6. The molecule has 0 spiro atoms. The molecule has 0 saturated carbocycles. The Morgan fingerprint density at radius 2 is 1.28 bits per heavy atom. The average Bonchev–Trinajstić information content (AvgIpc) is 3.38. The lowest BCUT2D eigenvalue weighted by Gasteiger charge is -2.32. The van der Waals surface area contributed by atoms with E-state index in [-0.39, 0.29) is 0 Å². The Labute approximate surface area is 214 Å². The van der Waals surface area contributed by atoms with Gasteiger partial charge in [-0.2, -0.15) is 0 Å². The molecule has 174 valence electrons. The van der Waals surface area contributed by atoms with Crippen molar-refractivity contribution in [1.82, 2.24) is 4.98 Å². The van der Waals surface area contributed by atoms with Crippen LogP contribution in [0.4, 0.5) is 0 Å². The Morgan fingerprint density at radius 1 is 0.639 bits per heavy atom. The summed E-state index contributed by atoms with van der Waals surface area (Å²) in [5, 5.41) is 13.3. The number of hydrogen-bond donors (Lipinski definition) is 1. The summed E-state index contributed by atoms with van der Waals surface area (Å²) in [5.74, 6) is 0.544. The first kappa shape index (κ1) is 22.3. The van der Waals surface area contributed by atoms with Crippen molar-refractivity contribution >= 4 is 22.7 Å². The van der Waals surface area contributed by atoms with Crippen LogP contribution in [0, 0.1) is 0 Å². The highest BCUT2D eigenvalue weighted by Gasteiger charge is 2.36. The normalized spacial score (nSPS) is 12.9. The van der Waals surface area contributed by atoms with E-state index in [0.717, 1.165) is 27.8 Å². The molecule has 1 N–H and O–H groups in total. The van der Waals surface area contributed by atoms with Gasteiger partial charge in [-0.05, 0) is 47.0 Å². The zero-order valence-electron chi connectivity index (χ0n) is 19.3. The number of benzene rings is 5. The lowest BCUT2D eigenvalue weighted by molar-refractivity contribution is 0.126. The van der Waals surface area contributed by atoms with Gasteiger partial charge in [0.05, 0.1) is 0 Å². The third kappa shape index (κ3) is 3.79. The first-order valence-corrected chi connectivity index (χ1v) is 12.1. The van der Waals surface area contributed by atoms with Gasteiger partial charge in [-0.25, -0.2) is 4.98 Å². The highest BCUT2D eigenvalue weighted by Crippen LogP contribution is 2.43. The van der Waals surface area contributed by atoms with Gasteiger partial charge in [0, 0.05) is 21.7 Å². The van der Waals surface area contributed by atoms with Crippen molar-refractivity contribution in [3.8, 4) is 22.6 Å². The monoisotopic (exact) mass is 487 g/mol. The summed E-state index contributed by atoms with van der Waals surface area (Å²) < 4.78 is 6.03. The minimum absolute atomic E-state index is 0.544. The van der Waals surface area contributed by atoms with Gasteiger partial charge in [0.1, 0.15) is 11.1 Å². The highest BCUT2D eigenvalue weighted by atomic mass is 35.5. The Morgan fingerprint density at radius 3 is 2.03 bits per heavy atom. The summed E-state index contributed by atoms with van der Waals surface area (Å²) in [4.78, 5) is 4.74. The van der Waals surface area contributed by atoms with E-state index in [4.69, 9.17) is 21.0 Å². The van der Waals surface area contributed by atoms with Gasteiger partial charge < -0.3 is 9.52 Å².